The largest absolute Gasteiger partial charge is 0.482 e. The minimum Gasteiger partial charge on any atom is -0.482 e. The molecule has 1 aromatic carbocycles. The van der Waals surface area contributed by atoms with Gasteiger partial charge in [0.1, 0.15) is 5.75 Å². The molecule has 1 N–H and O–H groups in total. The molecule has 1 amide bonds. The summed E-state index contributed by atoms with van der Waals surface area (Å²) in [5.41, 5.74) is 0.472. The molecule has 0 unspecified atom stereocenters. The van der Waals surface area contributed by atoms with Crippen LogP contribution < -0.4 is 4.74 Å². The first-order valence-corrected chi connectivity index (χ1v) is 6.75. The average Bonchev–Trinajstić information content (AvgIpc) is 3.19. The van der Waals surface area contributed by atoms with Gasteiger partial charge in [0.15, 0.2) is 6.61 Å². The fraction of sp³-hybridized carbons (Fsp3) is 0.462. The van der Waals surface area contributed by atoms with Crippen molar-refractivity contribution in [3.8, 4) is 5.75 Å². The van der Waals surface area contributed by atoms with E-state index in [0.717, 1.165) is 12.8 Å². The van der Waals surface area contributed by atoms with Gasteiger partial charge in [0.2, 0.25) is 0 Å². The Kier molecular flexibility index (Phi) is 4.55. The monoisotopic (exact) mass is 303 g/mol. The van der Waals surface area contributed by atoms with Crippen LogP contribution in [0.1, 0.15) is 18.4 Å². The van der Waals surface area contributed by atoms with Crippen LogP contribution in [0.15, 0.2) is 12.1 Å². The van der Waals surface area contributed by atoms with Gasteiger partial charge in [-0.15, -0.1) is 0 Å². The van der Waals surface area contributed by atoms with Crippen molar-refractivity contribution in [2.24, 2.45) is 0 Å². The summed E-state index contributed by atoms with van der Waals surface area (Å²) in [5, 5.41) is 9.96. The Bertz CT molecular complexity index is 489. The summed E-state index contributed by atoms with van der Waals surface area (Å²) in [5.74, 6) is 0.212. The first-order valence-electron chi connectivity index (χ1n) is 6.00. The van der Waals surface area contributed by atoms with Gasteiger partial charge < -0.3 is 14.7 Å². The SMILES string of the molecule is CN(C(=O)COc1c(Cl)cc(Cl)cc1CO)C1CC1. The first-order chi connectivity index (χ1) is 9.02. The minimum absolute atomic E-state index is 0.0959. The van der Waals surface area contributed by atoms with E-state index in [4.69, 9.17) is 27.9 Å². The Hall–Kier alpha value is -0.970. The van der Waals surface area contributed by atoms with Gasteiger partial charge in [0.25, 0.3) is 5.91 Å². The van der Waals surface area contributed by atoms with E-state index in [2.05, 4.69) is 0 Å². The zero-order valence-electron chi connectivity index (χ0n) is 10.5. The third-order valence-corrected chi connectivity index (χ3v) is 3.58. The van der Waals surface area contributed by atoms with Gasteiger partial charge in [-0.2, -0.15) is 0 Å². The van der Waals surface area contributed by atoms with Crippen molar-refractivity contribution in [1.82, 2.24) is 4.90 Å². The van der Waals surface area contributed by atoms with E-state index in [0.29, 0.717) is 27.4 Å². The van der Waals surface area contributed by atoms with E-state index in [9.17, 15) is 9.90 Å². The number of halogens is 2. The molecule has 1 fully saturated rings. The van der Waals surface area contributed by atoms with Crippen molar-refractivity contribution in [2.45, 2.75) is 25.5 Å². The molecule has 0 saturated heterocycles. The average molecular weight is 304 g/mol. The van der Waals surface area contributed by atoms with Gasteiger partial charge in [-0.3, -0.25) is 4.79 Å². The molecule has 104 valence electrons. The number of aliphatic hydroxyl groups is 1. The van der Waals surface area contributed by atoms with E-state index >= 15 is 0 Å². The highest BCUT2D eigenvalue weighted by Gasteiger charge is 2.29. The minimum atomic E-state index is -0.248. The van der Waals surface area contributed by atoms with Gasteiger partial charge in [-0.1, -0.05) is 23.2 Å². The molecule has 0 radical (unpaired) electrons. The molecular formula is C13H15Cl2NO3. The highest BCUT2D eigenvalue weighted by molar-refractivity contribution is 6.35. The van der Waals surface area contributed by atoms with Crippen molar-refractivity contribution < 1.29 is 14.6 Å². The van der Waals surface area contributed by atoms with Crippen LogP contribution in [-0.2, 0) is 11.4 Å². The van der Waals surface area contributed by atoms with Crippen LogP contribution in [0.25, 0.3) is 0 Å². The number of aliphatic hydroxyl groups excluding tert-OH is 1. The maximum Gasteiger partial charge on any atom is 0.260 e. The molecule has 0 atom stereocenters. The number of rotatable bonds is 5. The highest BCUT2D eigenvalue weighted by atomic mass is 35.5. The lowest BCUT2D eigenvalue weighted by molar-refractivity contribution is -0.132. The number of hydrogen-bond donors (Lipinski definition) is 1. The van der Waals surface area contributed by atoms with Crippen LogP contribution in [0.2, 0.25) is 10.0 Å². The summed E-state index contributed by atoms with van der Waals surface area (Å²) in [6.45, 7) is -0.344. The van der Waals surface area contributed by atoms with Gasteiger partial charge >= 0.3 is 0 Å². The Labute approximate surface area is 121 Å². The predicted octanol–water partition coefficient (Wildman–Crippen LogP) is 2.49. The van der Waals surface area contributed by atoms with Crippen LogP contribution in [0.4, 0.5) is 0 Å². The molecule has 4 nitrogen and oxygen atoms in total. The van der Waals surface area contributed by atoms with E-state index in [1.54, 1.807) is 18.0 Å². The van der Waals surface area contributed by atoms with Crippen molar-refractivity contribution in [2.75, 3.05) is 13.7 Å². The first kappa shape index (κ1) is 14.4. The molecule has 0 aliphatic heterocycles. The fourth-order valence-corrected chi connectivity index (χ4v) is 2.38. The summed E-state index contributed by atoms with van der Waals surface area (Å²) in [6, 6.07) is 3.43. The zero-order chi connectivity index (χ0) is 14.0. The van der Waals surface area contributed by atoms with Crippen molar-refractivity contribution in [1.29, 1.82) is 0 Å². The van der Waals surface area contributed by atoms with Crippen LogP contribution in [0, 0.1) is 0 Å². The van der Waals surface area contributed by atoms with Gasteiger partial charge in [-0.05, 0) is 25.0 Å². The second-order valence-electron chi connectivity index (χ2n) is 4.56. The van der Waals surface area contributed by atoms with Crippen LogP contribution in [0.5, 0.6) is 5.75 Å². The standard InChI is InChI=1S/C13H15Cl2NO3/c1-16(10-2-3-10)12(18)7-19-13-8(6-17)4-9(14)5-11(13)15/h4-5,10,17H,2-3,6-7H2,1H3. The number of nitrogens with zero attached hydrogens (tertiary/aromatic N) is 1. The second kappa shape index (κ2) is 5.99. The smallest absolute Gasteiger partial charge is 0.260 e. The van der Waals surface area contributed by atoms with Gasteiger partial charge in [0, 0.05) is 23.7 Å². The molecule has 0 bridgehead atoms. The molecule has 0 heterocycles. The Morgan fingerprint density at radius 3 is 2.74 bits per heavy atom. The number of likely N-dealkylation sites (N-methyl/N-ethyl adjacent to an activating group) is 1. The molecule has 0 aromatic heterocycles. The van der Waals surface area contributed by atoms with Crippen molar-refractivity contribution in [3.05, 3.63) is 27.7 Å². The number of ether oxygens (including phenoxy) is 1. The third-order valence-electron chi connectivity index (χ3n) is 3.08. The lowest BCUT2D eigenvalue weighted by Crippen LogP contribution is -2.33. The maximum atomic E-state index is 11.8. The fourth-order valence-electron chi connectivity index (χ4n) is 1.79. The number of carbonyl (C=O) groups is 1. The second-order valence-corrected chi connectivity index (χ2v) is 5.40. The molecule has 1 aromatic rings. The highest BCUT2D eigenvalue weighted by Crippen LogP contribution is 2.32. The van der Waals surface area contributed by atoms with Gasteiger partial charge in [0.05, 0.1) is 11.6 Å². The van der Waals surface area contributed by atoms with Crippen LogP contribution in [0.3, 0.4) is 0 Å². The summed E-state index contributed by atoms with van der Waals surface area (Å²) in [7, 11) is 1.76. The van der Waals surface area contributed by atoms with E-state index < -0.39 is 0 Å². The van der Waals surface area contributed by atoms with Crippen LogP contribution in [-0.4, -0.2) is 35.6 Å². The Balaban J connectivity index is 2.04. The van der Waals surface area contributed by atoms with Crippen molar-refractivity contribution >= 4 is 29.1 Å². The summed E-state index contributed by atoms with van der Waals surface area (Å²) in [6.07, 6.45) is 2.09. The molecule has 1 saturated carbocycles. The molecule has 0 spiro atoms. The predicted molar refractivity (Wildman–Crippen MR) is 73.7 cm³/mol. The van der Waals surface area contributed by atoms with Gasteiger partial charge in [-0.25, -0.2) is 0 Å². The normalized spacial score (nSPS) is 14.3. The lowest BCUT2D eigenvalue weighted by Gasteiger charge is -2.18. The van der Waals surface area contributed by atoms with Crippen LogP contribution >= 0.6 is 23.2 Å². The van der Waals surface area contributed by atoms with Crippen molar-refractivity contribution in [3.63, 3.8) is 0 Å². The third kappa shape index (κ3) is 3.53. The molecular weight excluding hydrogens is 289 g/mol. The number of hydrogen-bond acceptors (Lipinski definition) is 3. The molecule has 2 rings (SSSR count). The Morgan fingerprint density at radius 2 is 2.16 bits per heavy atom. The van der Waals surface area contributed by atoms with E-state index in [1.165, 1.54) is 6.07 Å². The number of carbonyl (C=O) groups excluding carboxylic acids is 1. The molecule has 19 heavy (non-hydrogen) atoms. The molecule has 6 heteroatoms. The van der Waals surface area contributed by atoms with E-state index in [1.807, 2.05) is 0 Å². The number of benzene rings is 1. The zero-order valence-corrected chi connectivity index (χ0v) is 12.0. The lowest BCUT2D eigenvalue weighted by atomic mass is 10.2. The number of amides is 1. The maximum absolute atomic E-state index is 11.8. The topological polar surface area (TPSA) is 49.8 Å². The quantitative estimate of drug-likeness (QED) is 0.909. The summed E-state index contributed by atoms with van der Waals surface area (Å²) in [4.78, 5) is 13.5. The molecule has 1 aliphatic carbocycles. The summed E-state index contributed by atoms with van der Waals surface area (Å²) >= 11 is 11.8. The Morgan fingerprint density at radius 1 is 1.47 bits per heavy atom. The molecule has 1 aliphatic rings. The summed E-state index contributed by atoms with van der Waals surface area (Å²) < 4.78 is 5.43. The van der Waals surface area contributed by atoms with E-state index in [-0.39, 0.29) is 19.1 Å².